The maximum atomic E-state index is 8.18. The molecule has 0 saturated heterocycles. The van der Waals surface area contributed by atoms with Gasteiger partial charge in [-0.05, 0) is 120 Å². The highest BCUT2D eigenvalue weighted by Crippen LogP contribution is 2.65. The van der Waals surface area contributed by atoms with Crippen molar-refractivity contribution in [3.8, 4) is 17.2 Å². The lowest BCUT2D eigenvalue weighted by molar-refractivity contribution is 0.256. The Bertz CT molecular complexity index is 2470. The van der Waals surface area contributed by atoms with Gasteiger partial charge in [0.25, 0.3) is 0 Å². The minimum Gasteiger partial charge on any atom is -0.357 e. The summed E-state index contributed by atoms with van der Waals surface area (Å²) in [5, 5.41) is 0. The molecule has 3 aromatic carbocycles. The minimum absolute atomic E-state index is 0.0215. The first-order chi connectivity index (χ1) is 30.8. The Balaban J connectivity index is 1.96. The van der Waals surface area contributed by atoms with E-state index in [9.17, 15) is 0 Å². The van der Waals surface area contributed by atoms with Gasteiger partial charge in [-0.1, -0.05) is 229 Å². The summed E-state index contributed by atoms with van der Waals surface area (Å²) in [4.78, 5) is 0. The Morgan fingerprint density at radius 3 is 1.30 bits per heavy atom. The maximum Gasteiger partial charge on any atom is 0.429 e. The minimum atomic E-state index is -3.60. The molecule has 0 radical (unpaired) electrons. The standard InChI is InChI=1S/C64H98O4S/c1-56(2,3)42-28-29-47(60(13,14)15)52-40(32-42)30-39-31-41-33-43(57(4,5)6)35-48(61(16,17)18)53(41)66-69(65-52,67-54-46(39)34-44(58(7,8)9)36-49(54)62(19,20)21)68-55-50(63(22,23)24)37-45(59(10,11)12)38-51(55)64(25,26)27/h32-39,42H,28-31H2,1-27H3. The van der Waals surface area contributed by atoms with Gasteiger partial charge in [-0.3, -0.25) is 0 Å². The average molecular weight is 964 g/mol. The zero-order valence-corrected chi connectivity index (χ0v) is 49.9. The Morgan fingerprint density at radius 1 is 0.449 bits per heavy atom. The molecule has 3 aliphatic rings. The molecule has 4 nitrogen and oxygen atoms in total. The Morgan fingerprint density at radius 2 is 0.870 bits per heavy atom. The molecule has 69 heavy (non-hydrogen) atoms. The van der Waals surface area contributed by atoms with Gasteiger partial charge < -0.3 is 16.7 Å². The van der Waals surface area contributed by atoms with E-state index in [1.54, 1.807) is 0 Å². The van der Waals surface area contributed by atoms with E-state index < -0.39 is 11.2 Å². The first kappa shape index (κ1) is 55.0. The second kappa shape index (κ2) is 17.4. The van der Waals surface area contributed by atoms with Crippen molar-refractivity contribution >= 4 is 11.2 Å². The van der Waals surface area contributed by atoms with Crippen molar-refractivity contribution in [3.63, 3.8) is 0 Å². The highest BCUT2D eigenvalue weighted by molar-refractivity contribution is 8.18. The second-order valence-electron chi connectivity index (χ2n) is 30.7. The fourth-order valence-corrected chi connectivity index (χ4v) is 12.0. The molecule has 3 unspecified atom stereocenters. The van der Waals surface area contributed by atoms with Gasteiger partial charge in [-0.25, -0.2) is 0 Å². The van der Waals surface area contributed by atoms with Crippen LogP contribution in [0.3, 0.4) is 0 Å². The summed E-state index contributed by atoms with van der Waals surface area (Å²) in [6, 6.07) is 14.5. The highest BCUT2D eigenvalue weighted by Gasteiger charge is 2.50. The van der Waals surface area contributed by atoms with Crippen LogP contribution < -0.4 is 12.5 Å². The van der Waals surface area contributed by atoms with E-state index in [0.29, 0.717) is 5.92 Å². The van der Waals surface area contributed by atoms with Crippen LogP contribution in [0.1, 0.15) is 262 Å². The van der Waals surface area contributed by atoms with Gasteiger partial charge in [-0.2, -0.15) is 0 Å². The van der Waals surface area contributed by atoms with Crippen LogP contribution in [0.5, 0.6) is 17.2 Å². The van der Waals surface area contributed by atoms with Crippen molar-refractivity contribution in [3.05, 3.63) is 109 Å². The quantitative estimate of drug-likeness (QED) is 0.256. The van der Waals surface area contributed by atoms with Crippen LogP contribution in [0.4, 0.5) is 0 Å². The molecular formula is C64H98O4S. The largest absolute Gasteiger partial charge is 0.429 e. The molecule has 1 aliphatic carbocycles. The SMILES string of the molecule is CC(C)(C)C1=C2OS3(Oc4c(C(C)(C)C)cc(C(C)(C)C)cc4C(C)(C)C)Oc4c(cc(C(C)(C)C)cc4C(C)(C)C)CC(CC2=CC(C(C)(C)C)CC1)c1cc(C(C)(C)C)cc(C(C)(C)C)c1O3. The molecule has 2 aliphatic heterocycles. The number of rotatable bonds is 2. The average Bonchev–Trinajstić information content (AvgIpc) is 3.25. The van der Waals surface area contributed by atoms with Gasteiger partial charge in [0, 0.05) is 27.8 Å². The molecule has 3 atom stereocenters. The van der Waals surface area contributed by atoms with Gasteiger partial charge in [0.15, 0.2) is 17.2 Å². The van der Waals surface area contributed by atoms with Crippen LogP contribution in [-0.2, 0) is 48.5 Å². The van der Waals surface area contributed by atoms with Gasteiger partial charge >= 0.3 is 11.2 Å². The molecule has 0 amide bonds. The second-order valence-corrected chi connectivity index (χ2v) is 32.2. The zero-order chi connectivity index (χ0) is 52.4. The van der Waals surface area contributed by atoms with Crippen LogP contribution in [0.2, 0.25) is 0 Å². The molecular weight excluding hydrogens is 865 g/mol. The van der Waals surface area contributed by atoms with E-state index in [1.807, 2.05) is 0 Å². The molecule has 2 heterocycles. The number of allylic oxidation sites excluding steroid dienone is 3. The summed E-state index contributed by atoms with van der Waals surface area (Å²) >= 11 is -3.60. The van der Waals surface area contributed by atoms with Crippen LogP contribution in [0, 0.1) is 16.7 Å². The molecule has 384 valence electrons. The number of hydrogen-bond acceptors (Lipinski definition) is 4. The van der Waals surface area contributed by atoms with Crippen molar-refractivity contribution in [1.82, 2.24) is 0 Å². The lowest BCUT2D eigenvalue weighted by Gasteiger charge is -2.42. The monoisotopic (exact) mass is 963 g/mol. The normalized spacial score (nSPS) is 22.1. The fraction of sp³-hybridized carbons (Fsp3) is 0.656. The van der Waals surface area contributed by atoms with E-state index >= 15 is 0 Å². The first-order valence-electron chi connectivity index (χ1n) is 26.4. The van der Waals surface area contributed by atoms with Crippen molar-refractivity contribution < 1.29 is 16.7 Å². The van der Waals surface area contributed by atoms with E-state index in [4.69, 9.17) is 16.7 Å². The molecule has 2 bridgehead atoms. The fourth-order valence-electron chi connectivity index (χ4n) is 10.2. The Labute approximate surface area is 425 Å². The van der Waals surface area contributed by atoms with E-state index in [0.717, 1.165) is 70.9 Å². The summed E-state index contributed by atoms with van der Waals surface area (Å²) < 4.78 is 32.6. The van der Waals surface area contributed by atoms with Crippen molar-refractivity contribution in [2.24, 2.45) is 16.7 Å². The third-order valence-electron chi connectivity index (χ3n) is 15.0. The molecule has 5 heteroatoms. The Hall–Kier alpha value is -3.31. The molecule has 3 aromatic rings. The predicted octanol–water partition coefficient (Wildman–Crippen LogP) is 19.5. The summed E-state index contributed by atoms with van der Waals surface area (Å²) in [7, 11) is 0. The third kappa shape index (κ3) is 11.7. The lowest BCUT2D eigenvalue weighted by atomic mass is 9.73. The maximum absolute atomic E-state index is 8.18. The van der Waals surface area contributed by atoms with Crippen LogP contribution in [0.25, 0.3) is 0 Å². The van der Waals surface area contributed by atoms with Gasteiger partial charge in [-0.15, -0.1) is 0 Å². The first-order valence-corrected chi connectivity index (χ1v) is 27.8. The summed E-state index contributed by atoms with van der Waals surface area (Å²) in [5.74, 6) is 3.68. The molecule has 0 aromatic heterocycles. The van der Waals surface area contributed by atoms with E-state index in [-0.39, 0.29) is 54.7 Å². The molecule has 0 saturated carbocycles. The highest BCUT2D eigenvalue weighted by atomic mass is 32.3. The smallest absolute Gasteiger partial charge is 0.357 e. The Kier molecular flexibility index (Phi) is 13.9. The van der Waals surface area contributed by atoms with E-state index in [1.165, 1.54) is 39.0 Å². The van der Waals surface area contributed by atoms with E-state index in [2.05, 4.69) is 229 Å². The van der Waals surface area contributed by atoms with Crippen LogP contribution in [0.15, 0.2) is 59.4 Å². The topological polar surface area (TPSA) is 36.9 Å². The summed E-state index contributed by atoms with van der Waals surface area (Å²) in [6.07, 6.45) is 6.08. The summed E-state index contributed by atoms with van der Waals surface area (Å²) in [6.45, 7) is 63.0. The number of fused-ring (bicyclic) bond motifs is 3. The molecule has 6 rings (SSSR count). The van der Waals surface area contributed by atoms with Crippen molar-refractivity contribution in [2.75, 3.05) is 0 Å². The summed E-state index contributed by atoms with van der Waals surface area (Å²) in [5.41, 5.74) is 11.6. The van der Waals surface area contributed by atoms with Crippen molar-refractivity contribution in [1.29, 1.82) is 0 Å². The zero-order valence-electron chi connectivity index (χ0n) is 49.1. The molecule has 0 N–H and O–H groups in total. The van der Waals surface area contributed by atoms with Gasteiger partial charge in [0.1, 0.15) is 5.76 Å². The molecule has 0 spiro atoms. The predicted molar refractivity (Wildman–Crippen MR) is 299 cm³/mol. The third-order valence-corrected chi connectivity index (χ3v) is 16.5. The van der Waals surface area contributed by atoms with Crippen LogP contribution >= 0.6 is 11.2 Å². The van der Waals surface area contributed by atoms with Crippen molar-refractivity contribution in [2.45, 2.75) is 256 Å². The number of benzene rings is 3. The lowest BCUT2D eigenvalue weighted by Crippen LogP contribution is -2.31. The molecule has 0 fully saturated rings. The number of hydrogen-bond donors (Lipinski definition) is 0. The van der Waals surface area contributed by atoms with Gasteiger partial charge in [0.05, 0.1) is 0 Å². The van der Waals surface area contributed by atoms with Crippen LogP contribution in [-0.4, -0.2) is 0 Å². The van der Waals surface area contributed by atoms with Gasteiger partial charge in [0.2, 0.25) is 0 Å².